The number of hydrogen-bond donors (Lipinski definition) is 2. The molecule has 0 unspecified atom stereocenters. The summed E-state index contributed by atoms with van der Waals surface area (Å²) < 4.78 is 28.8. The van der Waals surface area contributed by atoms with E-state index in [0.717, 1.165) is 11.3 Å². The molecule has 2 N–H and O–H groups in total. The van der Waals surface area contributed by atoms with Crippen LogP contribution in [0.5, 0.6) is 0 Å². The van der Waals surface area contributed by atoms with E-state index in [4.69, 9.17) is 0 Å². The van der Waals surface area contributed by atoms with Crippen molar-refractivity contribution >= 4 is 60.8 Å². The van der Waals surface area contributed by atoms with Crippen molar-refractivity contribution in [1.82, 2.24) is 19.7 Å². The van der Waals surface area contributed by atoms with E-state index in [0.29, 0.717) is 32.5 Å². The van der Waals surface area contributed by atoms with E-state index in [9.17, 15) is 18.0 Å². The first-order valence-electron chi connectivity index (χ1n) is 10.0. The quantitative estimate of drug-likeness (QED) is 0.269. The molecule has 0 aliphatic heterocycles. The number of fused-ring (bicyclic) bond motifs is 1. The number of benzene rings is 2. The lowest BCUT2D eigenvalue weighted by Crippen LogP contribution is -2.20. The fourth-order valence-corrected chi connectivity index (χ4v) is 5.75. The molecular weight excluding hydrogens is 496 g/mol. The maximum atomic E-state index is 12.5. The largest absolute Gasteiger partial charge is 0.326 e. The Kier molecular flexibility index (Phi) is 6.95. The average molecular weight is 517 g/mol. The van der Waals surface area contributed by atoms with E-state index in [2.05, 4.69) is 25.2 Å². The number of amides is 1. The Balaban J connectivity index is 1.33. The first-order chi connectivity index (χ1) is 16.2. The van der Waals surface area contributed by atoms with Crippen molar-refractivity contribution in [1.29, 1.82) is 0 Å². The molecule has 0 radical (unpaired) electrons. The number of nitrogens with zero attached hydrogens (tertiary/aromatic N) is 4. The molecule has 0 aliphatic rings. The third-order valence-electron chi connectivity index (χ3n) is 4.70. The number of aryl methyl sites for hydroxylation is 1. The summed E-state index contributed by atoms with van der Waals surface area (Å²) >= 11 is 2.45. The Morgan fingerprint density at radius 2 is 1.85 bits per heavy atom. The van der Waals surface area contributed by atoms with E-state index in [1.165, 1.54) is 40.6 Å². The van der Waals surface area contributed by atoms with Gasteiger partial charge in [-0.25, -0.2) is 13.4 Å². The van der Waals surface area contributed by atoms with Gasteiger partial charge in [0, 0.05) is 24.9 Å². The van der Waals surface area contributed by atoms with Crippen LogP contribution in [0.15, 0.2) is 63.4 Å². The first kappa shape index (κ1) is 23.9. The van der Waals surface area contributed by atoms with Crippen molar-refractivity contribution in [2.45, 2.75) is 23.4 Å². The van der Waals surface area contributed by atoms with Crippen molar-refractivity contribution in [3.05, 3.63) is 63.9 Å². The summed E-state index contributed by atoms with van der Waals surface area (Å²) in [5.74, 6) is 0.179. The zero-order valence-electron chi connectivity index (χ0n) is 18.2. The van der Waals surface area contributed by atoms with Gasteiger partial charge in [-0.2, -0.15) is 0 Å². The van der Waals surface area contributed by atoms with E-state index in [1.807, 2.05) is 6.07 Å². The van der Waals surface area contributed by atoms with Gasteiger partial charge < -0.3 is 5.32 Å². The van der Waals surface area contributed by atoms with Crippen LogP contribution in [0.4, 0.5) is 10.8 Å². The van der Waals surface area contributed by atoms with Crippen LogP contribution in [0.1, 0.15) is 11.4 Å². The highest BCUT2D eigenvalue weighted by Gasteiger charge is 2.17. The van der Waals surface area contributed by atoms with Crippen LogP contribution in [-0.2, 0) is 21.9 Å². The van der Waals surface area contributed by atoms with Gasteiger partial charge in [-0.15, -0.1) is 10.2 Å². The number of carbonyl (C=O) groups excluding carboxylic acids is 1. The average Bonchev–Trinajstić information content (AvgIpc) is 3.21. The number of para-hydroxylation sites is 1. The normalized spacial score (nSPS) is 11.5. The van der Waals surface area contributed by atoms with Crippen LogP contribution < -0.4 is 15.6 Å². The Morgan fingerprint density at radius 1 is 1.12 bits per heavy atom. The van der Waals surface area contributed by atoms with Gasteiger partial charge >= 0.3 is 0 Å². The molecule has 2 aromatic heterocycles. The van der Waals surface area contributed by atoms with Crippen molar-refractivity contribution in [3.63, 3.8) is 0 Å². The molecule has 13 heteroatoms. The smallest absolute Gasteiger partial charge is 0.263 e. The van der Waals surface area contributed by atoms with Gasteiger partial charge in [-0.1, -0.05) is 35.2 Å². The molecule has 0 fully saturated rings. The predicted molar refractivity (Wildman–Crippen MR) is 133 cm³/mol. The molecule has 0 saturated heterocycles. The number of aromatic nitrogens is 4. The standard InChI is InChI=1S/C21H20N6O4S3/c1-13-24-25-20(33-13)26-34(30,31)15-9-7-14(8-10-15)22-18(28)11-12-32-21-23-17-6-4-3-5-16(17)19(29)27(21)2/h3-10H,11-12H2,1-2H3,(H,22,28)(H,25,26). The van der Waals surface area contributed by atoms with E-state index in [-0.39, 0.29) is 27.9 Å². The molecule has 10 nitrogen and oxygen atoms in total. The highest BCUT2D eigenvalue weighted by molar-refractivity contribution is 7.99. The fourth-order valence-electron chi connectivity index (χ4n) is 3.01. The highest BCUT2D eigenvalue weighted by atomic mass is 32.2. The molecule has 2 aromatic carbocycles. The maximum Gasteiger partial charge on any atom is 0.263 e. The molecule has 4 rings (SSSR count). The summed E-state index contributed by atoms with van der Waals surface area (Å²) in [7, 11) is -2.15. The van der Waals surface area contributed by atoms with Crippen LogP contribution >= 0.6 is 23.1 Å². The Morgan fingerprint density at radius 3 is 2.56 bits per heavy atom. The zero-order chi connectivity index (χ0) is 24.3. The van der Waals surface area contributed by atoms with Gasteiger partial charge in [-0.3, -0.25) is 18.9 Å². The second kappa shape index (κ2) is 9.91. The number of carbonyl (C=O) groups is 1. The number of hydrogen-bond acceptors (Lipinski definition) is 9. The molecular formula is C21H20N6O4S3. The lowest BCUT2D eigenvalue weighted by molar-refractivity contribution is -0.115. The summed E-state index contributed by atoms with van der Waals surface area (Å²) in [6.45, 7) is 1.73. The van der Waals surface area contributed by atoms with Gasteiger partial charge in [-0.05, 0) is 43.3 Å². The second-order valence-corrected chi connectivity index (χ2v) is 11.1. The lowest BCUT2D eigenvalue weighted by atomic mass is 10.2. The second-order valence-electron chi connectivity index (χ2n) is 7.18. The number of sulfonamides is 1. The van der Waals surface area contributed by atoms with Gasteiger partial charge in [0.05, 0.1) is 15.8 Å². The van der Waals surface area contributed by atoms with Crippen LogP contribution in [-0.4, -0.2) is 39.8 Å². The van der Waals surface area contributed by atoms with Crippen LogP contribution in [0.3, 0.4) is 0 Å². The highest BCUT2D eigenvalue weighted by Crippen LogP contribution is 2.21. The minimum absolute atomic E-state index is 0.0391. The summed E-state index contributed by atoms with van der Waals surface area (Å²) in [4.78, 5) is 29.3. The van der Waals surface area contributed by atoms with E-state index in [1.54, 1.807) is 32.2 Å². The Bertz CT molecular complexity index is 1510. The van der Waals surface area contributed by atoms with Crippen molar-refractivity contribution in [3.8, 4) is 0 Å². The molecule has 0 bridgehead atoms. The molecule has 2 heterocycles. The minimum atomic E-state index is -3.81. The van der Waals surface area contributed by atoms with Gasteiger partial charge in [0.2, 0.25) is 11.0 Å². The van der Waals surface area contributed by atoms with Gasteiger partial charge in [0.1, 0.15) is 5.01 Å². The summed E-state index contributed by atoms with van der Waals surface area (Å²) in [6.07, 6.45) is 0.186. The van der Waals surface area contributed by atoms with Crippen LogP contribution in [0, 0.1) is 6.92 Å². The van der Waals surface area contributed by atoms with Crippen LogP contribution in [0.2, 0.25) is 0 Å². The maximum absolute atomic E-state index is 12.5. The number of rotatable bonds is 8. The SMILES string of the molecule is Cc1nnc(NS(=O)(=O)c2ccc(NC(=O)CCSc3nc4ccccc4c(=O)n3C)cc2)s1. The van der Waals surface area contributed by atoms with Crippen LogP contribution in [0.25, 0.3) is 10.9 Å². The monoisotopic (exact) mass is 516 g/mol. The third kappa shape index (κ3) is 5.43. The molecule has 176 valence electrons. The number of thioether (sulfide) groups is 1. The topological polar surface area (TPSA) is 136 Å². The Labute approximate surface area is 203 Å². The summed E-state index contributed by atoms with van der Waals surface area (Å²) in [5.41, 5.74) is 0.948. The van der Waals surface area contributed by atoms with Crippen molar-refractivity contribution < 1.29 is 13.2 Å². The molecule has 4 aromatic rings. The lowest BCUT2D eigenvalue weighted by Gasteiger charge is -2.09. The molecule has 1 amide bonds. The van der Waals surface area contributed by atoms with Crippen molar-refractivity contribution in [2.24, 2.45) is 7.05 Å². The first-order valence-corrected chi connectivity index (χ1v) is 13.3. The Hall–Kier alpha value is -3.29. The summed E-state index contributed by atoms with van der Waals surface area (Å²) in [5, 5.41) is 12.2. The molecule has 0 aliphatic carbocycles. The molecule has 0 spiro atoms. The molecule has 0 saturated carbocycles. The molecule has 0 atom stereocenters. The molecule has 34 heavy (non-hydrogen) atoms. The zero-order valence-corrected chi connectivity index (χ0v) is 20.6. The van der Waals surface area contributed by atoms with Gasteiger partial charge in [0.15, 0.2) is 5.16 Å². The predicted octanol–water partition coefficient (Wildman–Crippen LogP) is 3.02. The van der Waals surface area contributed by atoms with E-state index < -0.39 is 10.0 Å². The number of anilines is 2. The van der Waals surface area contributed by atoms with Crippen molar-refractivity contribution in [2.75, 3.05) is 15.8 Å². The van der Waals surface area contributed by atoms with Gasteiger partial charge in [0.25, 0.3) is 15.6 Å². The summed E-state index contributed by atoms with van der Waals surface area (Å²) in [6, 6.07) is 12.9. The van der Waals surface area contributed by atoms with E-state index >= 15 is 0 Å². The number of nitrogens with one attached hydrogen (secondary N) is 2. The minimum Gasteiger partial charge on any atom is -0.326 e. The third-order valence-corrected chi connectivity index (χ3v) is 7.97. The fraction of sp³-hybridized carbons (Fsp3) is 0.190.